The number of amides is 1. The SMILES string of the molecule is COc1ccc(C(=O)Nc2cnc3ccc(Cl)cn3c2=O)cc1. The zero-order valence-electron chi connectivity index (χ0n) is 12.1. The Bertz CT molecular complexity index is 935. The zero-order valence-corrected chi connectivity index (χ0v) is 12.9. The summed E-state index contributed by atoms with van der Waals surface area (Å²) < 4.78 is 6.32. The molecular weight excluding hydrogens is 318 g/mol. The number of nitrogens with one attached hydrogen (secondary N) is 1. The number of benzene rings is 1. The molecule has 0 fully saturated rings. The summed E-state index contributed by atoms with van der Waals surface area (Å²) in [5.41, 5.74) is 0.521. The fourth-order valence-electron chi connectivity index (χ4n) is 2.07. The summed E-state index contributed by atoms with van der Waals surface area (Å²) >= 11 is 5.89. The van der Waals surface area contributed by atoms with Gasteiger partial charge in [-0.05, 0) is 36.4 Å². The third kappa shape index (κ3) is 3.02. The number of methoxy groups -OCH3 is 1. The number of ether oxygens (including phenoxy) is 1. The fraction of sp³-hybridized carbons (Fsp3) is 0.0625. The van der Waals surface area contributed by atoms with Crippen LogP contribution in [0.1, 0.15) is 10.4 Å². The predicted molar refractivity (Wildman–Crippen MR) is 87.4 cm³/mol. The molecule has 0 radical (unpaired) electrons. The van der Waals surface area contributed by atoms with E-state index in [-0.39, 0.29) is 5.69 Å². The molecule has 1 aromatic carbocycles. The monoisotopic (exact) mass is 329 g/mol. The molecule has 0 saturated heterocycles. The van der Waals surface area contributed by atoms with E-state index in [0.717, 1.165) is 0 Å². The van der Waals surface area contributed by atoms with Crippen LogP contribution in [0.15, 0.2) is 53.6 Å². The second-order valence-electron chi connectivity index (χ2n) is 4.74. The molecule has 3 rings (SSSR count). The molecule has 23 heavy (non-hydrogen) atoms. The number of carbonyl (C=O) groups excluding carboxylic acids is 1. The van der Waals surface area contributed by atoms with Crippen molar-refractivity contribution in [3.8, 4) is 5.75 Å². The quantitative estimate of drug-likeness (QED) is 0.801. The summed E-state index contributed by atoms with van der Waals surface area (Å²) in [5.74, 6) is 0.233. The normalized spacial score (nSPS) is 10.5. The van der Waals surface area contributed by atoms with Crippen molar-refractivity contribution >= 4 is 28.8 Å². The van der Waals surface area contributed by atoms with E-state index in [1.807, 2.05) is 0 Å². The second kappa shape index (κ2) is 6.10. The van der Waals surface area contributed by atoms with E-state index in [1.54, 1.807) is 43.5 Å². The lowest BCUT2D eigenvalue weighted by Gasteiger charge is -2.07. The molecule has 6 nitrogen and oxygen atoms in total. The van der Waals surface area contributed by atoms with Gasteiger partial charge in [0.25, 0.3) is 11.5 Å². The van der Waals surface area contributed by atoms with Crippen molar-refractivity contribution in [2.45, 2.75) is 0 Å². The molecular formula is C16H12ClN3O3. The van der Waals surface area contributed by atoms with Gasteiger partial charge in [0.1, 0.15) is 17.1 Å². The summed E-state index contributed by atoms with van der Waals surface area (Å²) in [6.07, 6.45) is 2.78. The number of halogens is 1. The van der Waals surface area contributed by atoms with Crippen molar-refractivity contribution in [1.29, 1.82) is 0 Å². The minimum atomic E-state index is -0.409. The highest BCUT2D eigenvalue weighted by atomic mass is 35.5. The molecule has 0 aliphatic carbocycles. The maximum absolute atomic E-state index is 12.4. The highest BCUT2D eigenvalue weighted by Gasteiger charge is 2.11. The van der Waals surface area contributed by atoms with Gasteiger partial charge in [-0.25, -0.2) is 4.98 Å². The van der Waals surface area contributed by atoms with E-state index in [1.165, 1.54) is 16.8 Å². The number of pyridine rings is 1. The Labute approximate surface area is 136 Å². The van der Waals surface area contributed by atoms with Gasteiger partial charge in [0.15, 0.2) is 0 Å². The lowest BCUT2D eigenvalue weighted by molar-refractivity contribution is 0.102. The number of hydrogen-bond acceptors (Lipinski definition) is 4. The molecule has 0 bridgehead atoms. The molecule has 2 aromatic heterocycles. The molecule has 7 heteroatoms. The molecule has 1 amide bonds. The van der Waals surface area contributed by atoms with Crippen LogP contribution in [0.25, 0.3) is 5.65 Å². The standard InChI is InChI=1S/C16H12ClN3O3/c1-23-12-5-2-10(3-6-12)15(21)19-13-8-18-14-7-4-11(17)9-20(14)16(13)22/h2-9H,1H3,(H,19,21). The van der Waals surface area contributed by atoms with E-state index in [0.29, 0.717) is 22.0 Å². The van der Waals surface area contributed by atoms with Gasteiger partial charge in [-0.2, -0.15) is 0 Å². The van der Waals surface area contributed by atoms with Crippen LogP contribution < -0.4 is 15.6 Å². The van der Waals surface area contributed by atoms with Crippen LogP contribution in [-0.4, -0.2) is 22.4 Å². The van der Waals surface area contributed by atoms with Gasteiger partial charge >= 0.3 is 0 Å². The van der Waals surface area contributed by atoms with Crippen LogP contribution >= 0.6 is 11.6 Å². The Morgan fingerprint density at radius 2 is 1.96 bits per heavy atom. The summed E-state index contributed by atoms with van der Waals surface area (Å²) in [4.78, 5) is 28.7. The number of hydrogen-bond donors (Lipinski definition) is 1. The average molecular weight is 330 g/mol. The highest BCUT2D eigenvalue weighted by molar-refractivity contribution is 6.30. The van der Waals surface area contributed by atoms with Gasteiger partial charge in [-0.1, -0.05) is 11.6 Å². The van der Waals surface area contributed by atoms with Gasteiger partial charge in [-0.15, -0.1) is 0 Å². The van der Waals surface area contributed by atoms with Gasteiger partial charge in [0.2, 0.25) is 0 Å². The predicted octanol–water partition coefficient (Wildman–Crippen LogP) is 2.61. The molecule has 0 aliphatic rings. The minimum absolute atomic E-state index is 0.0746. The summed E-state index contributed by atoms with van der Waals surface area (Å²) in [6.45, 7) is 0. The van der Waals surface area contributed by atoms with Crippen molar-refractivity contribution < 1.29 is 9.53 Å². The van der Waals surface area contributed by atoms with Gasteiger partial charge in [-0.3, -0.25) is 14.0 Å². The van der Waals surface area contributed by atoms with Gasteiger partial charge < -0.3 is 10.1 Å². The molecule has 0 atom stereocenters. The fourth-order valence-corrected chi connectivity index (χ4v) is 2.23. The van der Waals surface area contributed by atoms with Crippen LogP contribution in [0.5, 0.6) is 5.75 Å². The lowest BCUT2D eigenvalue weighted by atomic mass is 10.2. The Morgan fingerprint density at radius 1 is 1.22 bits per heavy atom. The van der Waals surface area contributed by atoms with E-state index in [2.05, 4.69) is 10.3 Å². The van der Waals surface area contributed by atoms with Crippen LogP contribution in [-0.2, 0) is 0 Å². The van der Waals surface area contributed by atoms with Gasteiger partial charge in [0.05, 0.1) is 18.3 Å². The highest BCUT2D eigenvalue weighted by Crippen LogP contribution is 2.13. The number of fused-ring (bicyclic) bond motifs is 1. The van der Waals surface area contributed by atoms with E-state index >= 15 is 0 Å². The minimum Gasteiger partial charge on any atom is -0.497 e. The van der Waals surface area contributed by atoms with E-state index < -0.39 is 11.5 Å². The molecule has 0 spiro atoms. The summed E-state index contributed by atoms with van der Waals surface area (Å²) in [7, 11) is 1.54. The Balaban J connectivity index is 1.92. The van der Waals surface area contributed by atoms with Crippen molar-refractivity contribution in [3.05, 3.63) is 69.7 Å². The summed E-state index contributed by atoms with van der Waals surface area (Å²) in [6, 6.07) is 9.81. The number of aromatic nitrogens is 2. The number of rotatable bonds is 3. The smallest absolute Gasteiger partial charge is 0.281 e. The molecule has 0 saturated carbocycles. The average Bonchev–Trinajstić information content (AvgIpc) is 2.58. The number of nitrogens with zero attached hydrogens (tertiary/aromatic N) is 2. The molecule has 0 aliphatic heterocycles. The second-order valence-corrected chi connectivity index (χ2v) is 5.17. The first-order valence-electron chi connectivity index (χ1n) is 6.71. The third-order valence-corrected chi connectivity index (χ3v) is 3.49. The molecule has 1 N–H and O–H groups in total. The summed E-state index contributed by atoms with van der Waals surface area (Å²) in [5, 5.41) is 2.96. The third-order valence-electron chi connectivity index (χ3n) is 3.27. The molecule has 0 unspecified atom stereocenters. The number of carbonyl (C=O) groups is 1. The van der Waals surface area contributed by atoms with Crippen LogP contribution in [0.4, 0.5) is 5.69 Å². The van der Waals surface area contributed by atoms with Gasteiger partial charge in [0, 0.05) is 11.8 Å². The topological polar surface area (TPSA) is 72.7 Å². The van der Waals surface area contributed by atoms with E-state index in [9.17, 15) is 9.59 Å². The van der Waals surface area contributed by atoms with Crippen LogP contribution in [0.2, 0.25) is 5.02 Å². The first-order valence-corrected chi connectivity index (χ1v) is 7.08. The first kappa shape index (κ1) is 15.1. The number of anilines is 1. The Morgan fingerprint density at radius 3 is 2.65 bits per heavy atom. The largest absolute Gasteiger partial charge is 0.497 e. The van der Waals surface area contributed by atoms with Crippen molar-refractivity contribution in [2.24, 2.45) is 0 Å². The maximum Gasteiger partial charge on any atom is 0.281 e. The Kier molecular flexibility index (Phi) is 3.99. The van der Waals surface area contributed by atoms with Crippen molar-refractivity contribution in [3.63, 3.8) is 0 Å². The molecule has 116 valence electrons. The molecule has 3 aromatic rings. The maximum atomic E-state index is 12.4. The first-order chi connectivity index (χ1) is 11.1. The van der Waals surface area contributed by atoms with Crippen molar-refractivity contribution in [2.75, 3.05) is 12.4 Å². The van der Waals surface area contributed by atoms with Crippen molar-refractivity contribution in [1.82, 2.24) is 9.38 Å². The Hall–Kier alpha value is -2.86. The zero-order chi connectivity index (χ0) is 16.4. The van der Waals surface area contributed by atoms with Crippen LogP contribution in [0, 0.1) is 0 Å². The molecule has 2 heterocycles. The van der Waals surface area contributed by atoms with E-state index in [4.69, 9.17) is 16.3 Å². The lowest BCUT2D eigenvalue weighted by Crippen LogP contribution is -2.23. The van der Waals surface area contributed by atoms with Crippen LogP contribution in [0.3, 0.4) is 0 Å².